The average Bonchev–Trinajstić information content (AvgIpc) is 3.13. The summed E-state index contributed by atoms with van der Waals surface area (Å²) in [4.78, 5) is 17.4. The molecule has 0 aromatic heterocycles. The normalized spacial score (nSPS) is 33.0. The van der Waals surface area contributed by atoms with Gasteiger partial charge in [0.1, 0.15) is 0 Å². The molecule has 5 fully saturated rings. The third kappa shape index (κ3) is 3.81. The highest BCUT2D eigenvalue weighted by Gasteiger charge is 2.54. The van der Waals surface area contributed by atoms with Crippen molar-refractivity contribution in [3.8, 4) is 0 Å². The fourth-order valence-electron chi connectivity index (χ4n) is 8.26. The maximum atomic E-state index is 13.5. The van der Waals surface area contributed by atoms with Gasteiger partial charge in [0.25, 0.3) is 0 Å². The zero-order valence-electron chi connectivity index (χ0n) is 19.4. The number of hydrogen-bond donors (Lipinski definition) is 0. The molecule has 4 saturated carbocycles. The Bertz CT molecular complexity index is 1020. The minimum atomic E-state index is 0. The Hall–Kier alpha value is -1.23. The summed E-state index contributed by atoms with van der Waals surface area (Å²) >= 11 is 1.92. The van der Waals surface area contributed by atoms with Crippen molar-refractivity contribution in [2.24, 2.45) is 29.1 Å². The van der Waals surface area contributed by atoms with Crippen LogP contribution in [0.1, 0.15) is 51.4 Å². The lowest BCUT2D eigenvalue weighted by Crippen LogP contribution is -2.53. The highest BCUT2D eigenvalue weighted by Crippen LogP contribution is 2.60. The molecule has 0 N–H and O–H groups in total. The monoisotopic (exact) mass is 482 g/mol. The molecule has 4 aliphatic carbocycles. The van der Waals surface area contributed by atoms with Crippen molar-refractivity contribution in [3.05, 3.63) is 36.4 Å². The second-order valence-corrected chi connectivity index (χ2v) is 12.7. The summed E-state index contributed by atoms with van der Waals surface area (Å²) in [6, 6.07) is 13.4. The number of Topliss-reactive ketones (excluding diaryl/α,β-unsaturated/α-hetero) is 1. The van der Waals surface area contributed by atoms with Crippen LogP contribution >= 0.6 is 24.4 Å². The maximum absolute atomic E-state index is 13.5. The summed E-state index contributed by atoms with van der Waals surface area (Å²) in [5.41, 5.74) is 1.46. The van der Waals surface area contributed by atoms with E-state index in [0.29, 0.717) is 5.78 Å². The van der Waals surface area contributed by atoms with E-state index in [1.807, 2.05) is 11.9 Å². The van der Waals surface area contributed by atoms with Gasteiger partial charge in [-0.05, 0) is 118 Å². The predicted molar refractivity (Wildman–Crippen MR) is 139 cm³/mol. The Kier molecular flexibility index (Phi) is 5.70. The lowest BCUT2D eigenvalue weighted by Gasteiger charge is -2.56. The second-order valence-electron chi connectivity index (χ2n) is 11.6. The van der Waals surface area contributed by atoms with Gasteiger partial charge < -0.3 is 4.31 Å². The Morgan fingerprint density at radius 3 is 2.24 bits per heavy atom. The van der Waals surface area contributed by atoms with E-state index < -0.39 is 0 Å². The first-order chi connectivity index (χ1) is 15.6. The van der Waals surface area contributed by atoms with E-state index in [1.54, 1.807) is 0 Å². The summed E-state index contributed by atoms with van der Waals surface area (Å²) in [6.07, 6.45) is 10.3. The Labute approximate surface area is 208 Å². The lowest BCUT2D eigenvalue weighted by molar-refractivity contribution is -0.145. The molecular weight excluding hydrogens is 448 g/mol. The molecule has 4 bridgehead atoms. The number of nitrogens with zero attached hydrogens (tertiary/aromatic N) is 2. The minimum absolute atomic E-state index is 0. The van der Waals surface area contributed by atoms with Gasteiger partial charge in [-0.1, -0.05) is 24.3 Å². The molecule has 1 saturated heterocycles. The van der Waals surface area contributed by atoms with E-state index in [-0.39, 0.29) is 17.8 Å². The molecule has 0 unspecified atom stereocenters. The van der Waals surface area contributed by atoms with Gasteiger partial charge in [-0.25, -0.2) is 0 Å². The molecule has 33 heavy (non-hydrogen) atoms. The zero-order chi connectivity index (χ0) is 21.3. The minimum Gasteiger partial charge on any atom is -0.311 e. The number of rotatable bonds is 5. The number of ketones is 1. The molecule has 2 aliphatic heterocycles. The zero-order valence-corrected chi connectivity index (χ0v) is 21.0. The average molecular weight is 483 g/mol. The molecule has 0 spiro atoms. The van der Waals surface area contributed by atoms with Crippen LogP contribution in [0, 0.1) is 29.1 Å². The molecule has 3 nitrogen and oxygen atoms in total. The number of benzene rings is 2. The van der Waals surface area contributed by atoms with Gasteiger partial charge in [-0.15, -0.1) is 12.4 Å². The number of piperidine rings is 1. The Morgan fingerprint density at radius 1 is 0.939 bits per heavy atom. The van der Waals surface area contributed by atoms with Crippen LogP contribution in [-0.2, 0) is 4.79 Å². The highest BCUT2D eigenvalue weighted by molar-refractivity contribution is 8.01. The molecule has 176 valence electrons. The van der Waals surface area contributed by atoms with Crippen LogP contribution in [0.2, 0.25) is 0 Å². The summed E-state index contributed by atoms with van der Waals surface area (Å²) < 4.78 is 2.53. The SMILES string of the molecule is Cl.O=C(CN1CCC(CN2Sc3cccc4cccc2c34)CC1)C12CC3CC(CC(C3)C1)C2. The van der Waals surface area contributed by atoms with Crippen molar-refractivity contribution in [2.75, 3.05) is 30.5 Å². The van der Waals surface area contributed by atoms with Crippen molar-refractivity contribution in [3.63, 3.8) is 0 Å². The molecule has 0 atom stereocenters. The number of halogens is 1. The maximum Gasteiger partial charge on any atom is 0.152 e. The predicted octanol–water partition coefficient (Wildman–Crippen LogP) is 6.59. The largest absolute Gasteiger partial charge is 0.311 e. The summed E-state index contributed by atoms with van der Waals surface area (Å²) in [5, 5.41) is 2.78. The van der Waals surface area contributed by atoms with Gasteiger partial charge in [-0.3, -0.25) is 9.69 Å². The van der Waals surface area contributed by atoms with Gasteiger partial charge in [-0.2, -0.15) is 0 Å². The molecule has 6 aliphatic rings. The van der Waals surface area contributed by atoms with E-state index in [2.05, 4.69) is 45.6 Å². The Morgan fingerprint density at radius 2 is 1.58 bits per heavy atom. The first-order valence-corrected chi connectivity index (χ1v) is 13.7. The Balaban J connectivity index is 0.00000206. The van der Waals surface area contributed by atoms with E-state index in [1.165, 1.54) is 72.7 Å². The van der Waals surface area contributed by atoms with Crippen molar-refractivity contribution < 1.29 is 4.79 Å². The van der Waals surface area contributed by atoms with Crippen molar-refractivity contribution >= 4 is 46.6 Å². The van der Waals surface area contributed by atoms with Crippen molar-refractivity contribution in [1.82, 2.24) is 4.90 Å². The summed E-state index contributed by atoms with van der Waals surface area (Å²) in [5.74, 6) is 3.91. The molecular formula is C28H35ClN2OS. The number of anilines is 1. The third-order valence-electron chi connectivity index (χ3n) is 9.45. The van der Waals surface area contributed by atoms with Crippen LogP contribution < -0.4 is 4.31 Å². The van der Waals surface area contributed by atoms with E-state index in [0.717, 1.165) is 49.9 Å². The van der Waals surface area contributed by atoms with E-state index in [9.17, 15) is 4.79 Å². The number of hydrogen-bond acceptors (Lipinski definition) is 4. The van der Waals surface area contributed by atoms with Crippen LogP contribution in [0.25, 0.3) is 10.8 Å². The molecule has 0 radical (unpaired) electrons. The number of carbonyl (C=O) groups is 1. The molecule has 2 aromatic carbocycles. The molecule has 5 heteroatoms. The second kappa shape index (κ2) is 8.46. The van der Waals surface area contributed by atoms with Gasteiger partial charge in [0.15, 0.2) is 5.78 Å². The van der Waals surface area contributed by atoms with Gasteiger partial charge in [0.2, 0.25) is 0 Å². The van der Waals surface area contributed by atoms with Gasteiger partial charge >= 0.3 is 0 Å². The van der Waals surface area contributed by atoms with Crippen molar-refractivity contribution in [2.45, 2.75) is 56.3 Å². The number of carbonyl (C=O) groups excluding carboxylic acids is 1. The van der Waals surface area contributed by atoms with Crippen LogP contribution in [0.4, 0.5) is 5.69 Å². The molecule has 0 amide bonds. The first kappa shape index (κ1) is 22.2. The van der Waals surface area contributed by atoms with Crippen LogP contribution in [0.3, 0.4) is 0 Å². The fraction of sp³-hybridized carbons (Fsp3) is 0.607. The van der Waals surface area contributed by atoms with Crippen LogP contribution in [0.15, 0.2) is 41.3 Å². The fourth-order valence-corrected chi connectivity index (χ4v) is 9.49. The smallest absolute Gasteiger partial charge is 0.152 e. The molecule has 8 rings (SSSR count). The van der Waals surface area contributed by atoms with Crippen LogP contribution in [0.5, 0.6) is 0 Å². The van der Waals surface area contributed by atoms with Gasteiger partial charge in [0, 0.05) is 22.2 Å². The standard InChI is InChI=1S/C28H34N2OS.ClH/c31-26(28-14-20-11-21(15-28)13-22(12-20)16-28)18-29-9-7-19(8-10-29)17-30-24-5-1-3-23-4-2-6-25(32-30)27(23)24;/h1-6,19-22H,7-18H2;1H. The summed E-state index contributed by atoms with van der Waals surface area (Å²) in [7, 11) is 0. The summed E-state index contributed by atoms with van der Waals surface area (Å²) in [6.45, 7) is 4.04. The highest BCUT2D eigenvalue weighted by atomic mass is 35.5. The quantitative estimate of drug-likeness (QED) is 0.448. The topological polar surface area (TPSA) is 23.6 Å². The lowest BCUT2D eigenvalue weighted by atomic mass is 9.48. The van der Waals surface area contributed by atoms with E-state index >= 15 is 0 Å². The van der Waals surface area contributed by atoms with Crippen molar-refractivity contribution in [1.29, 1.82) is 0 Å². The third-order valence-corrected chi connectivity index (χ3v) is 10.6. The van der Waals surface area contributed by atoms with Gasteiger partial charge in [0.05, 0.1) is 12.2 Å². The number of likely N-dealkylation sites (tertiary alicyclic amines) is 1. The molecule has 2 aromatic rings. The van der Waals surface area contributed by atoms with Crippen LogP contribution in [-0.4, -0.2) is 36.9 Å². The molecule has 2 heterocycles. The van der Waals surface area contributed by atoms with E-state index in [4.69, 9.17) is 0 Å². The first-order valence-electron chi connectivity index (χ1n) is 12.9.